The molecule has 4 radical (unpaired) electrons. The Labute approximate surface area is 34.7 Å². The summed E-state index contributed by atoms with van der Waals surface area (Å²) < 4.78 is 3.77. The van der Waals surface area contributed by atoms with Gasteiger partial charge in [0, 0.05) is 0 Å². The molecule has 0 aromatic carbocycles. The van der Waals surface area contributed by atoms with Gasteiger partial charge in [-0.25, -0.2) is 0 Å². The number of hydrogen-bond acceptors (Lipinski definition) is 3. The van der Waals surface area contributed by atoms with E-state index in [2.05, 4.69) is 14.6 Å². The summed E-state index contributed by atoms with van der Waals surface area (Å²) in [6.45, 7) is 0. The van der Waals surface area contributed by atoms with Crippen molar-refractivity contribution in [2.24, 2.45) is 0 Å². The Hall–Kier alpha value is 0.314. The van der Waals surface area contributed by atoms with E-state index in [1.54, 1.807) is 0 Å². The zero-order valence-corrected chi connectivity index (χ0v) is 4.30. The molecule has 0 aliphatic heterocycles. The molecule has 0 amide bonds. The zero-order chi connectivity index (χ0) is 4.28. The maximum atomic E-state index is 7.75. The average Bonchev–Trinajstić information content (AvgIpc) is 1.38. The molecule has 0 saturated heterocycles. The van der Waals surface area contributed by atoms with Crippen molar-refractivity contribution >= 4 is 20.0 Å². The van der Waals surface area contributed by atoms with Crippen LogP contribution in [0.4, 0.5) is 0 Å². The minimum Gasteiger partial charge on any atom is -0.413 e. The van der Waals surface area contributed by atoms with E-state index in [-0.39, 0.29) is 0 Å². The molecule has 0 aromatic rings. The monoisotopic (exact) mass is 106 g/mol. The molecule has 0 bridgehead atoms. The van der Waals surface area contributed by atoms with Crippen molar-refractivity contribution in [1.29, 1.82) is 0 Å². The van der Waals surface area contributed by atoms with Gasteiger partial charge in [0.1, 0.15) is 0 Å². The lowest BCUT2D eigenvalue weighted by Gasteiger charge is -1.85. The second-order valence-electron chi connectivity index (χ2n) is 0.385. The van der Waals surface area contributed by atoms with Gasteiger partial charge in [-0.15, -0.1) is 0 Å². The Morgan fingerprint density at radius 1 is 1.60 bits per heavy atom. The predicted molar refractivity (Wildman–Crippen MR) is 17.0 cm³/mol. The van der Waals surface area contributed by atoms with Gasteiger partial charge in [0.25, 0.3) is 0 Å². The quantitative estimate of drug-likeness (QED) is 0.382. The molecule has 0 saturated carbocycles. The lowest BCUT2D eigenvalue weighted by Crippen LogP contribution is -2.13. The van der Waals surface area contributed by atoms with Gasteiger partial charge in [0.05, 0.1) is 0 Å². The molecular weight excluding hydrogens is 104 g/mol. The zero-order valence-electron chi connectivity index (χ0n) is 2.30. The smallest absolute Gasteiger partial charge is 0.413 e. The molecule has 0 spiro atoms. The third-order valence-electron chi connectivity index (χ3n) is 0.0913. The van der Waals surface area contributed by atoms with E-state index in [0.29, 0.717) is 0 Å². The summed E-state index contributed by atoms with van der Waals surface area (Å²) in [5, 5.41) is 0. The molecule has 2 N–H and O–H groups in total. The van der Waals surface area contributed by atoms with E-state index in [9.17, 15) is 0 Å². The van der Waals surface area contributed by atoms with Crippen LogP contribution in [0.3, 0.4) is 0 Å². The first-order valence-corrected chi connectivity index (χ1v) is 2.57. The maximum Gasteiger partial charge on any atom is 0.560 e. The summed E-state index contributed by atoms with van der Waals surface area (Å²) in [6, 6.07) is 0. The highest BCUT2D eigenvalue weighted by Crippen LogP contribution is 1.58. The average molecular weight is 106 g/mol. The largest absolute Gasteiger partial charge is 0.560 e. The first kappa shape index (κ1) is 5.31. The van der Waals surface area contributed by atoms with Crippen molar-refractivity contribution < 1.29 is 13.7 Å². The highest BCUT2D eigenvalue weighted by atomic mass is 28.4. The minimum absolute atomic E-state index is 2.40. The summed E-state index contributed by atoms with van der Waals surface area (Å²) in [7, 11) is -0.0602. The standard InChI is InChI=1S/H2O3Si2/c1-5(2)3-4/h1-2H. The molecule has 0 unspecified atom stereocenters. The van der Waals surface area contributed by atoms with E-state index < -0.39 is 9.53 Å². The molecule has 0 atom stereocenters. The van der Waals surface area contributed by atoms with Crippen molar-refractivity contribution in [2.75, 3.05) is 0 Å². The summed E-state index contributed by atoms with van der Waals surface area (Å²) in [5.74, 6) is 0. The summed E-state index contributed by atoms with van der Waals surface area (Å²) >= 11 is 0. The van der Waals surface area contributed by atoms with Crippen LogP contribution in [-0.4, -0.2) is 29.6 Å². The van der Waals surface area contributed by atoms with Crippen LogP contribution in [0.1, 0.15) is 0 Å². The van der Waals surface area contributed by atoms with Crippen LogP contribution in [0, 0.1) is 0 Å². The van der Waals surface area contributed by atoms with Crippen LogP contribution in [0.15, 0.2) is 0 Å². The lowest BCUT2D eigenvalue weighted by molar-refractivity contribution is 0.299. The van der Waals surface area contributed by atoms with Gasteiger partial charge in [-0.05, 0) is 0 Å². The first-order valence-electron chi connectivity index (χ1n) is 0.855. The van der Waals surface area contributed by atoms with Crippen LogP contribution in [0.2, 0.25) is 0 Å². The Morgan fingerprint density at radius 3 is 1.80 bits per heavy atom. The highest BCUT2D eigenvalue weighted by Gasteiger charge is 1.97. The summed E-state index contributed by atoms with van der Waals surface area (Å²) in [4.78, 5) is 15.5. The van der Waals surface area contributed by atoms with E-state index in [1.165, 1.54) is 0 Å². The second kappa shape index (κ2) is 2.55. The Morgan fingerprint density at radius 2 is 1.80 bits per heavy atom. The molecule has 0 aliphatic rings. The van der Waals surface area contributed by atoms with Crippen LogP contribution < -0.4 is 0 Å². The summed E-state index contributed by atoms with van der Waals surface area (Å²) in [6.07, 6.45) is 0. The SMILES string of the molecule is O[Si](O)O[Si]. The molecule has 5 heavy (non-hydrogen) atoms. The number of hydrogen-bond donors (Lipinski definition) is 2. The molecular formula is H2O3Si2. The Balaban J connectivity index is 2.54. The second-order valence-corrected chi connectivity index (χ2v) is 1.77. The molecule has 3 nitrogen and oxygen atoms in total. The summed E-state index contributed by atoms with van der Waals surface area (Å²) in [5.41, 5.74) is 0. The van der Waals surface area contributed by atoms with Crippen molar-refractivity contribution in [3.8, 4) is 0 Å². The minimum atomic E-state index is -2.46. The first-order chi connectivity index (χ1) is 2.27. The predicted octanol–water partition coefficient (Wildman–Crippen LogP) is -1.94. The van der Waals surface area contributed by atoms with Crippen molar-refractivity contribution in [2.45, 2.75) is 0 Å². The fraction of sp³-hybridized carbons (Fsp3) is 0. The molecule has 28 valence electrons. The van der Waals surface area contributed by atoms with Crippen molar-refractivity contribution in [3.63, 3.8) is 0 Å². The van der Waals surface area contributed by atoms with Crippen LogP contribution >= 0.6 is 0 Å². The topological polar surface area (TPSA) is 49.7 Å². The Kier molecular flexibility index (Phi) is 2.71. The molecule has 0 aliphatic carbocycles. The molecule has 5 heteroatoms. The van der Waals surface area contributed by atoms with Gasteiger partial charge in [-0.1, -0.05) is 0 Å². The van der Waals surface area contributed by atoms with Crippen LogP contribution in [-0.2, 0) is 4.12 Å². The van der Waals surface area contributed by atoms with Gasteiger partial charge in [-0.2, -0.15) is 0 Å². The molecule has 0 rings (SSSR count). The highest BCUT2D eigenvalue weighted by molar-refractivity contribution is 6.38. The van der Waals surface area contributed by atoms with Gasteiger partial charge in [0.2, 0.25) is 10.5 Å². The van der Waals surface area contributed by atoms with E-state index >= 15 is 0 Å². The van der Waals surface area contributed by atoms with E-state index in [4.69, 9.17) is 9.59 Å². The van der Waals surface area contributed by atoms with Gasteiger partial charge < -0.3 is 13.7 Å². The van der Waals surface area contributed by atoms with Gasteiger partial charge in [0.15, 0.2) is 0 Å². The third-order valence-corrected chi connectivity index (χ3v) is 0.822. The van der Waals surface area contributed by atoms with E-state index in [1.807, 2.05) is 0 Å². The van der Waals surface area contributed by atoms with Gasteiger partial charge in [-0.3, -0.25) is 0 Å². The Bertz CT molecular complexity index is 18.9. The number of rotatable bonds is 1. The molecule has 0 heterocycles. The van der Waals surface area contributed by atoms with Crippen LogP contribution in [0.5, 0.6) is 0 Å². The normalized spacial score (nSPS) is 9.60. The molecule has 0 aromatic heterocycles. The fourth-order valence-electron chi connectivity index (χ4n) is 0. The lowest BCUT2D eigenvalue weighted by atomic mass is 15.7. The van der Waals surface area contributed by atoms with Crippen LogP contribution in [0.25, 0.3) is 0 Å². The maximum absolute atomic E-state index is 7.75. The van der Waals surface area contributed by atoms with Gasteiger partial charge >= 0.3 is 9.53 Å². The van der Waals surface area contributed by atoms with Crippen molar-refractivity contribution in [3.05, 3.63) is 0 Å². The third kappa shape index (κ3) is 4.31. The molecule has 0 fully saturated rings. The van der Waals surface area contributed by atoms with Crippen molar-refractivity contribution in [1.82, 2.24) is 0 Å². The fourth-order valence-corrected chi connectivity index (χ4v) is 0. The van der Waals surface area contributed by atoms with E-state index in [0.717, 1.165) is 0 Å².